The molecular formula is C17H19F3N4O2. The first-order valence-electron chi connectivity index (χ1n) is 7.80. The van der Waals surface area contributed by atoms with Crippen LogP contribution in [0, 0.1) is 5.92 Å². The van der Waals surface area contributed by atoms with Crippen molar-refractivity contribution < 1.29 is 23.0 Å². The van der Waals surface area contributed by atoms with Gasteiger partial charge in [-0.3, -0.25) is 9.98 Å². The standard InChI is InChI=1S/C17H19F3N4O2/c18-17(19,20)26-15-7-2-1-6-14(15)24-16(21)23-10-12(11-25)9-13-5-3-4-8-22-13/h1-8,12,25H,9-11H2,(H3,21,23,24). The smallest absolute Gasteiger partial charge is 0.404 e. The van der Waals surface area contributed by atoms with Gasteiger partial charge in [-0.05, 0) is 30.7 Å². The Morgan fingerprint density at radius 1 is 1.23 bits per heavy atom. The van der Waals surface area contributed by atoms with Crippen LogP contribution in [0.15, 0.2) is 53.7 Å². The monoisotopic (exact) mass is 368 g/mol. The molecule has 0 aliphatic rings. The second-order valence-electron chi connectivity index (χ2n) is 5.47. The van der Waals surface area contributed by atoms with Gasteiger partial charge in [0.25, 0.3) is 0 Å². The van der Waals surface area contributed by atoms with Crippen LogP contribution in [0.2, 0.25) is 0 Å². The van der Waals surface area contributed by atoms with E-state index in [1.165, 1.54) is 24.3 Å². The average molecular weight is 368 g/mol. The molecule has 0 spiro atoms. The Bertz CT molecular complexity index is 723. The fourth-order valence-electron chi connectivity index (χ4n) is 2.19. The topological polar surface area (TPSA) is 92.8 Å². The average Bonchev–Trinajstić information content (AvgIpc) is 2.60. The number of ether oxygens (including phenoxy) is 1. The molecule has 140 valence electrons. The van der Waals surface area contributed by atoms with E-state index in [9.17, 15) is 18.3 Å². The second-order valence-corrected chi connectivity index (χ2v) is 5.47. The van der Waals surface area contributed by atoms with Crippen molar-refractivity contribution in [2.45, 2.75) is 12.8 Å². The zero-order valence-corrected chi connectivity index (χ0v) is 13.8. The number of hydrogen-bond acceptors (Lipinski definition) is 4. The molecule has 6 nitrogen and oxygen atoms in total. The highest BCUT2D eigenvalue weighted by atomic mass is 19.4. The van der Waals surface area contributed by atoms with Crippen LogP contribution >= 0.6 is 0 Å². The fraction of sp³-hybridized carbons (Fsp3) is 0.294. The minimum Gasteiger partial charge on any atom is -0.404 e. The molecule has 0 aliphatic heterocycles. The van der Waals surface area contributed by atoms with Crippen LogP contribution in [-0.2, 0) is 6.42 Å². The minimum atomic E-state index is -4.81. The summed E-state index contributed by atoms with van der Waals surface area (Å²) in [5.41, 5.74) is 6.58. The summed E-state index contributed by atoms with van der Waals surface area (Å²) in [5.74, 6) is -0.708. The van der Waals surface area contributed by atoms with Crippen LogP contribution in [-0.4, -0.2) is 35.6 Å². The lowest BCUT2D eigenvalue weighted by Gasteiger charge is -2.15. The van der Waals surface area contributed by atoms with Gasteiger partial charge in [0.05, 0.1) is 5.69 Å². The van der Waals surface area contributed by atoms with Gasteiger partial charge in [-0.15, -0.1) is 13.2 Å². The third-order valence-corrected chi connectivity index (χ3v) is 3.38. The molecule has 2 aromatic rings. The summed E-state index contributed by atoms with van der Waals surface area (Å²) in [6, 6.07) is 11.0. The number of aliphatic imine (C=N–C) groups is 1. The lowest BCUT2D eigenvalue weighted by atomic mass is 10.0. The number of alkyl halides is 3. The highest BCUT2D eigenvalue weighted by Gasteiger charge is 2.32. The van der Waals surface area contributed by atoms with E-state index in [1.807, 2.05) is 12.1 Å². The van der Waals surface area contributed by atoms with Crippen LogP contribution in [0.4, 0.5) is 18.9 Å². The Hall–Kier alpha value is -2.81. The number of rotatable bonds is 7. The Balaban J connectivity index is 1.99. The summed E-state index contributed by atoms with van der Waals surface area (Å²) >= 11 is 0. The van der Waals surface area contributed by atoms with Crippen LogP contribution in [0.1, 0.15) is 5.69 Å². The van der Waals surface area contributed by atoms with Crippen molar-refractivity contribution in [3.05, 3.63) is 54.4 Å². The number of para-hydroxylation sites is 2. The zero-order chi connectivity index (χ0) is 19.0. The van der Waals surface area contributed by atoms with Gasteiger partial charge in [0, 0.05) is 31.0 Å². The third kappa shape index (κ3) is 6.60. The van der Waals surface area contributed by atoms with Crippen molar-refractivity contribution in [3.63, 3.8) is 0 Å². The number of halogens is 3. The van der Waals surface area contributed by atoms with Crippen molar-refractivity contribution in [2.24, 2.45) is 16.6 Å². The SMILES string of the molecule is NC(=NCC(CO)Cc1ccccn1)Nc1ccccc1OC(F)(F)F. The van der Waals surface area contributed by atoms with Crippen molar-refractivity contribution in [3.8, 4) is 5.75 Å². The van der Waals surface area contributed by atoms with Crippen LogP contribution in [0.3, 0.4) is 0 Å². The van der Waals surface area contributed by atoms with Crippen LogP contribution in [0.5, 0.6) is 5.75 Å². The van der Waals surface area contributed by atoms with Crippen LogP contribution in [0.25, 0.3) is 0 Å². The van der Waals surface area contributed by atoms with Gasteiger partial charge in [0.1, 0.15) is 0 Å². The van der Waals surface area contributed by atoms with Gasteiger partial charge in [-0.25, -0.2) is 0 Å². The van der Waals surface area contributed by atoms with Gasteiger partial charge in [0.15, 0.2) is 11.7 Å². The predicted octanol–water partition coefficient (Wildman–Crippen LogP) is 2.56. The zero-order valence-electron chi connectivity index (χ0n) is 13.8. The number of nitrogens with one attached hydrogen (secondary N) is 1. The number of pyridine rings is 1. The molecule has 0 fully saturated rings. The molecule has 9 heteroatoms. The summed E-state index contributed by atoms with van der Waals surface area (Å²) in [5, 5.41) is 12.0. The molecule has 2 rings (SSSR count). The second kappa shape index (κ2) is 9.04. The molecule has 4 N–H and O–H groups in total. The molecule has 1 atom stereocenters. The molecule has 0 saturated carbocycles. The lowest BCUT2D eigenvalue weighted by Crippen LogP contribution is -2.26. The molecular weight excluding hydrogens is 349 g/mol. The number of nitrogens with two attached hydrogens (primary N) is 1. The number of aliphatic hydroxyl groups excluding tert-OH is 1. The van der Waals surface area contributed by atoms with Crippen molar-refractivity contribution in [2.75, 3.05) is 18.5 Å². The number of nitrogens with zero attached hydrogens (tertiary/aromatic N) is 2. The van der Waals surface area contributed by atoms with Crippen molar-refractivity contribution in [1.29, 1.82) is 0 Å². The largest absolute Gasteiger partial charge is 0.573 e. The maximum Gasteiger partial charge on any atom is 0.573 e. The third-order valence-electron chi connectivity index (χ3n) is 3.38. The summed E-state index contributed by atoms with van der Waals surface area (Å²) in [4.78, 5) is 8.26. The highest BCUT2D eigenvalue weighted by molar-refractivity contribution is 5.93. The quantitative estimate of drug-likeness (QED) is 0.516. The molecule has 1 aromatic heterocycles. The molecule has 1 heterocycles. The Morgan fingerprint density at radius 2 is 1.96 bits per heavy atom. The summed E-state index contributed by atoms with van der Waals surface area (Å²) in [6.07, 6.45) is -2.66. The maximum absolute atomic E-state index is 12.4. The van der Waals surface area contributed by atoms with Gasteiger partial charge >= 0.3 is 6.36 Å². The number of aliphatic hydroxyl groups is 1. The summed E-state index contributed by atoms with van der Waals surface area (Å²) in [7, 11) is 0. The normalized spacial score (nSPS) is 13.3. The first-order chi connectivity index (χ1) is 12.4. The van der Waals surface area contributed by atoms with E-state index in [-0.39, 0.29) is 30.7 Å². The Morgan fingerprint density at radius 3 is 2.62 bits per heavy atom. The van der Waals surface area contributed by atoms with Gasteiger partial charge in [-0.2, -0.15) is 0 Å². The molecule has 0 radical (unpaired) electrons. The summed E-state index contributed by atoms with van der Waals surface area (Å²) in [6.45, 7) is 0.0648. The molecule has 0 amide bonds. The maximum atomic E-state index is 12.4. The fourth-order valence-corrected chi connectivity index (χ4v) is 2.19. The number of anilines is 1. The molecule has 1 unspecified atom stereocenters. The molecule has 26 heavy (non-hydrogen) atoms. The van der Waals surface area contributed by atoms with Gasteiger partial charge < -0.3 is 20.9 Å². The van der Waals surface area contributed by atoms with Crippen LogP contribution < -0.4 is 15.8 Å². The van der Waals surface area contributed by atoms with Crippen molar-refractivity contribution >= 4 is 11.6 Å². The highest BCUT2D eigenvalue weighted by Crippen LogP contribution is 2.29. The first kappa shape index (κ1) is 19.5. The number of hydrogen-bond donors (Lipinski definition) is 3. The first-order valence-corrected chi connectivity index (χ1v) is 7.80. The Kier molecular flexibility index (Phi) is 6.79. The Labute approximate surface area is 148 Å². The minimum absolute atomic E-state index is 0.0383. The van der Waals surface area contributed by atoms with E-state index < -0.39 is 12.1 Å². The van der Waals surface area contributed by atoms with E-state index >= 15 is 0 Å². The van der Waals surface area contributed by atoms with E-state index in [2.05, 4.69) is 20.0 Å². The van der Waals surface area contributed by atoms with E-state index in [0.29, 0.717) is 6.42 Å². The molecule has 1 aromatic carbocycles. The molecule has 0 saturated heterocycles. The predicted molar refractivity (Wildman–Crippen MR) is 91.8 cm³/mol. The number of guanidine groups is 1. The van der Waals surface area contributed by atoms with Gasteiger partial charge in [-0.1, -0.05) is 18.2 Å². The van der Waals surface area contributed by atoms with E-state index in [0.717, 1.165) is 5.69 Å². The molecule has 0 bridgehead atoms. The molecule has 0 aliphatic carbocycles. The van der Waals surface area contributed by atoms with Crippen molar-refractivity contribution in [1.82, 2.24) is 4.98 Å². The lowest BCUT2D eigenvalue weighted by molar-refractivity contribution is -0.274. The number of aromatic nitrogens is 1. The summed E-state index contributed by atoms with van der Waals surface area (Å²) < 4.78 is 41.2. The van der Waals surface area contributed by atoms with E-state index in [1.54, 1.807) is 12.3 Å². The number of benzene rings is 1. The van der Waals surface area contributed by atoms with Gasteiger partial charge in [0.2, 0.25) is 0 Å². The van der Waals surface area contributed by atoms with E-state index in [4.69, 9.17) is 5.73 Å².